The van der Waals surface area contributed by atoms with E-state index < -0.39 is 0 Å². The summed E-state index contributed by atoms with van der Waals surface area (Å²) in [5.74, 6) is 1.08. The third-order valence-electron chi connectivity index (χ3n) is 3.74. The van der Waals surface area contributed by atoms with Gasteiger partial charge in [-0.2, -0.15) is 0 Å². The van der Waals surface area contributed by atoms with Crippen LogP contribution in [0.2, 0.25) is 0 Å². The average Bonchev–Trinajstić information content (AvgIpc) is 2.80. The van der Waals surface area contributed by atoms with Crippen molar-refractivity contribution in [3.63, 3.8) is 0 Å². The minimum Gasteiger partial charge on any atom is -0.303 e. The summed E-state index contributed by atoms with van der Waals surface area (Å²) >= 11 is 0. The van der Waals surface area contributed by atoms with Gasteiger partial charge in [0.15, 0.2) is 5.65 Å². The molecule has 2 aromatic rings. The minimum atomic E-state index is 0.962. The van der Waals surface area contributed by atoms with Gasteiger partial charge in [-0.05, 0) is 50.6 Å². The van der Waals surface area contributed by atoms with Crippen LogP contribution in [0.15, 0.2) is 18.3 Å². The third-order valence-corrected chi connectivity index (χ3v) is 3.74. The summed E-state index contributed by atoms with van der Waals surface area (Å²) in [7, 11) is 0. The molecule has 0 unspecified atom stereocenters. The Kier molecular flexibility index (Phi) is 3.28. The van der Waals surface area contributed by atoms with Gasteiger partial charge in [-0.15, -0.1) is 10.2 Å². The second-order valence-electron chi connectivity index (χ2n) is 5.20. The minimum absolute atomic E-state index is 0.962. The van der Waals surface area contributed by atoms with Crippen molar-refractivity contribution in [2.24, 2.45) is 0 Å². The Morgan fingerprint density at radius 2 is 2.00 bits per heavy atom. The Hall–Kier alpha value is -1.42. The van der Waals surface area contributed by atoms with Crippen molar-refractivity contribution in [3.05, 3.63) is 29.7 Å². The highest BCUT2D eigenvalue weighted by atomic mass is 15.2. The number of pyridine rings is 1. The number of likely N-dealkylation sites (tertiary alicyclic amines) is 1. The quantitative estimate of drug-likeness (QED) is 0.828. The summed E-state index contributed by atoms with van der Waals surface area (Å²) in [6.07, 6.45) is 7.16. The van der Waals surface area contributed by atoms with E-state index in [0.29, 0.717) is 0 Å². The van der Waals surface area contributed by atoms with Crippen LogP contribution in [0.3, 0.4) is 0 Å². The molecule has 0 aliphatic carbocycles. The standard InChI is InChI=1S/C14H20N4/c1-12-5-10-18-13(15-16-14(18)11-12)6-9-17-7-3-2-4-8-17/h5,10-11H,2-4,6-9H2,1H3. The van der Waals surface area contributed by atoms with Gasteiger partial charge in [-0.3, -0.25) is 4.40 Å². The predicted octanol–water partition coefficient (Wildman–Crippen LogP) is 2.07. The van der Waals surface area contributed by atoms with Crippen molar-refractivity contribution in [3.8, 4) is 0 Å². The van der Waals surface area contributed by atoms with Crippen molar-refractivity contribution in [2.75, 3.05) is 19.6 Å². The lowest BCUT2D eigenvalue weighted by molar-refractivity contribution is 0.230. The molecule has 0 radical (unpaired) electrons. The van der Waals surface area contributed by atoms with Crippen molar-refractivity contribution < 1.29 is 0 Å². The van der Waals surface area contributed by atoms with Crippen LogP contribution in [0.1, 0.15) is 30.7 Å². The first kappa shape index (κ1) is 11.7. The van der Waals surface area contributed by atoms with E-state index in [9.17, 15) is 0 Å². The maximum Gasteiger partial charge on any atom is 0.161 e. The van der Waals surface area contributed by atoms with Crippen LogP contribution in [0.25, 0.3) is 5.65 Å². The number of hydrogen-bond acceptors (Lipinski definition) is 3. The number of fused-ring (bicyclic) bond motifs is 1. The molecule has 0 saturated carbocycles. The lowest BCUT2D eigenvalue weighted by Gasteiger charge is -2.25. The van der Waals surface area contributed by atoms with Gasteiger partial charge >= 0.3 is 0 Å². The lowest BCUT2D eigenvalue weighted by Crippen LogP contribution is -2.31. The fourth-order valence-electron chi connectivity index (χ4n) is 2.65. The van der Waals surface area contributed by atoms with E-state index in [-0.39, 0.29) is 0 Å². The number of hydrogen-bond donors (Lipinski definition) is 0. The van der Waals surface area contributed by atoms with Crippen molar-refractivity contribution >= 4 is 5.65 Å². The molecule has 0 bridgehead atoms. The molecule has 96 valence electrons. The monoisotopic (exact) mass is 244 g/mol. The van der Waals surface area contributed by atoms with Crippen LogP contribution in [-0.2, 0) is 6.42 Å². The first-order valence-corrected chi connectivity index (χ1v) is 6.85. The topological polar surface area (TPSA) is 33.4 Å². The van der Waals surface area contributed by atoms with Crippen LogP contribution in [0, 0.1) is 6.92 Å². The molecule has 1 aliphatic heterocycles. The molecule has 4 nitrogen and oxygen atoms in total. The molecule has 3 rings (SSSR count). The zero-order valence-electron chi connectivity index (χ0n) is 11.0. The van der Waals surface area contributed by atoms with E-state index in [2.05, 4.69) is 44.8 Å². The lowest BCUT2D eigenvalue weighted by atomic mass is 10.1. The highest BCUT2D eigenvalue weighted by Gasteiger charge is 2.11. The van der Waals surface area contributed by atoms with E-state index in [1.54, 1.807) is 0 Å². The zero-order valence-corrected chi connectivity index (χ0v) is 11.0. The molecular weight excluding hydrogens is 224 g/mol. The largest absolute Gasteiger partial charge is 0.303 e. The Morgan fingerprint density at radius 3 is 2.83 bits per heavy atom. The fourth-order valence-corrected chi connectivity index (χ4v) is 2.65. The highest BCUT2D eigenvalue weighted by Crippen LogP contribution is 2.11. The van der Waals surface area contributed by atoms with Crippen LogP contribution in [0.4, 0.5) is 0 Å². The SMILES string of the molecule is Cc1ccn2c(CCN3CCCCC3)nnc2c1. The number of piperidine rings is 1. The Bertz CT molecular complexity index is 526. The Balaban J connectivity index is 1.70. The zero-order chi connectivity index (χ0) is 12.4. The van der Waals surface area contributed by atoms with E-state index in [1.807, 2.05) is 0 Å². The Labute approximate surface area is 108 Å². The summed E-state index contributed by atoms with van der Waals surface area (Å²) in [5, 5.41) is 8.54. The average molecular weight is 244 g/mol. The van der Waals surface area contributed by atoms with Gasteiger partial charge in [-0.25, -0.2) is 0 Å². The third kappa shape index (κ3) is 2.38. The van der Waals surface area contributed by atoms with E-state index in [1.165, 1.54) is 37.9 Å². The van der Waals surface area contributed by atoms with E-state index in [4.69, 9.17) is 0 Å². The summed E-state index contributed by atoms with van der Waals surface area (Å²) in [5.41, 5.74) is 2.20. The van der Waals surface area contributed by atoms with Gasteiger partial charge in [0, 0.05) is 19.2 Å². The molecule has 1 saturated heterocycles. The first-order valence-electron chi connectivity index (χ1n) is 6.85. The fraction of sp³-hybridized carbons (Fsp3) is 0.571. The van der Waals surface area contributed by atoms with Crippen molar-refractivity contribution in [1.29, 1.82) is 0 Å². The Morgan fingerprint density at radius 1 is 1.17 bits per heavy atom. The molecule has 0 spiro atoms. The number of aromatic nitrogens is 3. The molecular formula is C14H20N4. The van der Waals surface area contributed by atoms with Crippen LogP contribution in [0.5, 0.6) is 0 Å². The number of aryl methyl sites for hydroxylation is 1. The summed E-state index contributed by atoms with van der Waals surface area (Å²) < 4.78 is 2.11. The first-order chi connectivity index (χ1) is 8.83. The van der Waals surface area contributed by atoms with E-state index in [0.717, 1.165) is 24.4 Å². The maximum atomic E-state index is 4.31. The highest BCUT2D eigenvalue weighted by molar-refractivity contribution is 5.40. The van der Waals surface area contributed by atoms with Gasteiger partial charge < -0.3 is 4.90 Å². The van der Waals surface area contributed by atoms with Crippen LogP contribution >= 0.6 is 0 Å². The molecule has 0 N–H and O–H groups in total. The molecule has 4 heteroatoms. The van der Waals surface area contributed by atoms with Crippen LogP contribution < -0.4 is 0 Å². The van der Waals surface area contributed by atoms with Gasteiger partial charge in [0.05, 0.1) is 0 Å². The summed E-state index contributed by atoms with van der Waals surface area (Å²) in [6.45, 7) is 5.68. The smallest absolute Gasteiger partial charge is 0.161 e. The van der Waals surface area contributed by atoms with Gasteiger partial charge in [0.2, 0.25) is 0 Å². The molecule has 1 fully saturated rings. The molecule has 18 heavy (non-hydrogen) atoms. The molecule has 0 atom stereocenters. The van der Waals surface area contributed by atoms with Crippen LogP contribution in [-0.4, -0.2) is 39.1 Å². The number of rotatable bonds is 3. The van der Waals surface area contributed by atoms with Gasteiger partial charge in [-0.1, -0.05) is 6.42 Å². The molecule has 0 amide bonds. The predicted molar refractivity (Wildman–Crippen MR) is 71.7 cm³/mol. The molecule has 3 heterocycles. The summed E-state index contributed by atoms with van der Waals surface area (Å²) in [4.78, 5) is 2.54. The molecule has 1 aliphatic rings. The molecule has 2 aromatic heterocycles. The maximum absolute atomic E-state index is 4.31. The number of nitrogens with zero attached hydrogens (tertiary/aromatic N) is 4. The van der Waals surface area contributed by atoms with E-state index >= 15 is 0 Å². The van der Waals surface area contributed by atoms with Crippen molar-refractivity contribution in [1.82, 2.24) is 19.5 Å². The second-order valence-corrected chi connectivity index (χ2v) is 5.20. The van der Waals surface area contributed by atoms with Crippen molar-refractivity contribution in [2.45, 2.75) is 32.6 Å². The summed E-state index contributed by atoms with van der Waals surface area (Å²) in [6, 6.07) is 4.19. The van der Waals surface area contributed by atoms with Gasteiger partial charge in [0.1, 0.15) is 5.82 Å². The second kappa shape index (κ2) is 5.06. The normalized spacial score (nSPS) is 17.4. The molecule has 0 aromatic carbocycles. The van der Waals surface area contributed by atoms with Gasteiger partial charge in [0.25, 0.3) is 0 Å².